The Morgan fingerprint density at radius 2 is 2.29 bits per heavy atom. The second-order valence-corrected chi connectivity index (χ2v) is 4.31. The fourth-order valence-corrected chi connectivity index (χ4v) is 2.54. The minimum absolute atomic E-state index is 0.0484. The zero-order valence-corrected chi connectivity index (χ0v) is 8.43. The maximum atomic E-state index is 11.3. The van der Waals surface area contributed by atoms with Crippen LogP contribution < -0.4 is 4.90 Å². The number of thiophene rings is 1. The molecule has 0 aliphatic carbocycles. The molecule has 0 unspecified atom stereocenters. The lowest BCUT2D eigenvalue weighted by atomic mass is 10.1. The molecule has 2 rings (SSSR count). The van der Waals surface area contributed by atoms with Crippen LogP contribution in [-0.2, 0) is 11.2 Å². The van der Waals surface area contributed by atoms with Gasteiger partial charge in [-0.3, -0.25) is 4.79 Å². The van der Waals surface area contributed by atoms with Crippen LogP contribution in [0.3, 0.4) is 0 Å². The van der Waals surface area contributed by atoms with Crippen molar-refractivity contribution in [2.24, 2.45) is 0 Å². The van der Waals surface area contributed by atoms with Crippen LogP contribution in [0.4, 0.5) is 5.69 Å². The predicted molar refractivity (Wildman–Crippen MR) is 53.0 cm³/mol. The largest absolute Gasteiger partial charge is 0.477 e. The molecule has 0 atom stereocenters. The number of aromatic carboxylic acids is 1. The number of carbonyl (C=O) groups is 2. The summed E-state index contributed by atoms with van der Waals surface area (Å²) in [6.45, 7) is 0. The lowest BCUT2D eigenvalue weighted by Gasteiger charge is -2.21. The SMILES string of the molecule is CN1C(=O)CCc2sc(C(=O)O)cc21. The predicted octanol–water partition coefficient (Wildman–Crippen LogP) is 1.36. The van der Waals surface area contributed by atoms with Crippen LogP contribution in [0, 0.1) is 0 Å². The van der Waals surface area contributed by atoms with Gasteiger partial charge < -0.3 is 10.0 Å². The summed E-state index contributed by atoms with van der Waals surface area (Å²) in [5.41, 5.74) is 0.753. The van der Waals surface area contributed by atoms with Crippen LogP contribution >= 0.6 is 11.3 Å². The molecule has 5 heteroatoms. The third-order valence-electron chi connectivity index (χ3n) is 2.30. The molecule has 1 amide bonds. The normalized spacial score (nSPS) is 15.5. The van der Waals surface area contributed by atoms with Gasteiger partial charge in [-0.05, 0) is 12.5 Å². The molecule has 1 aliphatic heterocycles. The van der Waals surface area contributed by atoms with Crippen LogP contribution in [-0.4, -0.2) is 24.0 Å². The molecule has 0 aromatic carbocycles. The van der Waals surface area contributed by atoms with Gasteiger partial charge in [-0.1, -0.05) is 0 Å². The molecule has 4 nitrogen and oxygen atoms in total. The van der Waals surface area contributed by atoms with Crippen LogP contribution in [0.5, 0.6) is 0 Å². The van der Waals surface area contributed by atoms with E-state index in [2.05, 4.69) is 0 Å². The number of hydrogen-bond donors (Lipinski definition) is 1. The van der Waals surface area contributed by atoms with Gasteiger partial charge in [0.2, 0.25) is 5.91 Å². The van der Waals surface area contributed by atoms with Gasteiger partial charge in [0.25, 0.3) is 0 Å². The zero-order valence-electron chi connectivity index (χ0n) is 7.61. The van der Waals surface area contributed by atoms with Crippen molar-refractivity contribution in [1.82, 2.24) is 0 Å². The smallest absolute Gasteiger partial charge is 0.345 e. The Morgan fingerprint density at radius 3 is 2.93 bits per heavy atom. The minimum Gasteiger partial charge on any atom is -0.477 e. The van der Waals surface area contributed by atoms with Gasteiger partial charge in [-0.25, -0.2) is 4.79 Å². The Hall–Kier alpha value is -1.36. The lowest BCUT2D eigenvalue weighted by Crippen LogP contribution is -2.29. The highest BCUT2D eigenvalue weighted by molar-refractivity contribution is 7.14. The number of carboxylic acid groups (broad SMARTS) is 1. The average Bonchev–Trinajstić information content (AvgIpc) is 2.56. The van der Waals surface area contributed by atoms with E-state index in [1.54, 1.807) is 13.1 Å². The van der Waals surface area contributed by atoms with Crippen molar-refractivity contribution >= 4 is 28.9 Å². The summed E-state index contributed by atoms with van der Waals surface area (Å²) < 4.78 is 0. The van der Waals surface area contributed by atoms with E-state index in [4.69, 9.17) is 5.11 Å². The molecule has 0 spiro atoms. The van der Waals surface area contributed by atoms with Crippen molar-refractivity contribution in [2.45, 2.75) is 12.8 Å². The molecular weight excluding hydrogens is 202 g/mol. The number of fused-ring (bicyclic) bond motifs is 1. The molecule has 1 aromatic heterocycles. The van der Waals surface area contributed by atoms with Crippen LogP contribution in [0.1, 0.15) is 21.0 Å². The fraction of sp³-hybridized carbons (Fsp3) is 0.333. The number of hydrogen-bond acceptors (Lipinski definition) is 3. The van der Waals surface area contributed by atoms with Crippen LogP contribution in [0.25, 0.3) is 0 Å². The first kappa shape index (κ1) is 9.21. The number of nitrogens with zero attached hydrogens (tertiary/aromatic N) is 1. The number of carboxylic acids is 1. The van der Waals surface area contributed by atoms with Crippen molar-refractivity contribution in [2.75, 3.05) is 11.9 Å². The maximum absolute atomic E-state index is 11.3. The number of carbonyl (C=O) groups excluding carboxylic acids is 1. The highest BCUT2D eigenvalue weighted by Gasteiger charge is 2.24. The molecular formula is C9H9NO3S. The molecule has 1 aromatic rings. The molecule has 74 valence electrons. The highest BCUT2D eigenvalue weighted by Crippen LogP contribution is 2.34. The van der Waals surface area contributed by atoms with Gasteiger partial charge in [-0.2, -0.15) is 0 Å². The number of anilines is 1. The first-order valence-electron chi connectivity index (χ1n) is 4.22. The summed E-state index contributed by atoms with van der Waals surface area (Å²) in [5.74, 6) is -0.877. The van der Waals surface area contributed by atoms with E-state index in [1.807, 2.05) is 0 Å². The van der Waals surface area contributed by atoms with E-state index in [1.165, 1.54) is 16.2 Å². The van der Waals surface area contributed by atoms with Gasteiger partial charge in [0.05, 0.1) is 5.69 Å². The Kier molecular flexibility index (Phi) is 2.03. The second kappa shape index (κ2) is 3.09. The second-order valence-electron chi connectivity index (χ2n) is 3.18. The van der Waals surface area contributed by atoms with Crippen molar-refractivity contribution in [1.29, 1.82) is 0 Å². The number of rotatable bonds is 1. The summed E-state index contributed by atoms with van der Waals surface area (Å²) in [4.78, 5) is 24.9. The number of aryl methyl sites for hydroxylation is 1. The third kappa shape index (κ3) is 1.29. The van der Waals surface area contributed by atoms with Crippen molar-refractivity contribution in [3.8, 4) is 0 Å². The molecule has 0 radical (unpaired) electrons. The molecule has 14 heavy (non-hydrogen) atoms. The quantitative estimate of drug-likeness (QED) is 0.763. The maximum Gasteiger partial charge on any atom is 0.345 e. The van der Waals surface area contributed by atoms with Gasteiger partial charge in [0.1, 0.15) is 4.88 Å². The lowest BCUT2D eigenvalue weighted by molar-refractivity contribution is -0.118. The van der Waals surface area contributed by atoms with Crippen LogP contribution in [0.2, 0.25) is 0 Å². The fourth-order valence-electron chi connectivity index (χ4n) is 1.51. The molecule has 0 fully saturated rings. The van der Waals surface area contributed by atoms with E-state index >= 15 is 0 Å². The van der Waals surface area contributed by atoms with Crippen molar-refractivity contribution in [3.05, 3.63) is 15.8 Å². The van der Waals surface area contributed by atoms with E-state index in [9.17, 15) is 9.59 Å². The van der Waals surface area contributed by atoms with Gasteiger partial charge in [0.15, 0.2) is 0 Å². The summed E-state index contributed by atoms with van der Waals surface area (Å²) in [6.07, 6.45) is 1.14. The molecule has 0 bridgehead atoms. The topological polar surface area (TPSA) is 57.6 Å². The van der Waals surface area contributed by atoms with Gasteiger partial charge in [0, 0.05) is 18.3 Å². The zero-order chi connectivity index (χ0) is 10.3. The monoisotopic (exact) mass is 211 g/mol. The third-order valence-corrected chi connectivity index (χ3v) is 3.47. The molecule has 1 N–H and O–H groups in total. The van der Waals surface area contributed by atoms with E-state index in [0.29, 0.717) is 17.7 Å². The minimum atomic E-state index is -0.926. The molecule has 0 saturated heterocycles. The van der Waals surface area contributed by atoms with Crippen molar-refractivity contribution in [3.63, 3.8) is 0 Å². The van der Waals surface area contributed by atoms with E-state index in [-0.39, 0.29) is 5.91 Å². The van der Waals surface area contributed by atoms with Gasteiger partial charge in [-0.15, -0.1) is 11.3 Å². The van der Waals surface area contributed by atoms with Gasteiger partial charge >= 0.3 is 5.97 Å². The highest BCUT2D eigenvalue weighted by atomic mass is 32.1. The summed E-state index contributed by atoms with van der Waals surface area (Å²) in [5, 5.41) is 8.79. The summed E-state index contributed by atoms with van der Waals surface area (Å²) >= 11 is 1.26. The Morgan fingerprint density at radius 1 is 1.57 bits per heavy atom. The number of amides is 1. The molecule has 0 saturated carbocycles. The first-order chi connectivity index (χ1) is 6.59. The first-order valence-corrected chi connectivity index (χ1v) is 5.04. The summed E-state index contributed by atoms with van der Waals surface area (Å²) in [6, 6.07) is 1.57. The Balaban J connectivity index is 2.46. The Bertz CT molecular complexity index is 410. The average molecular weight is 211 g/mol. The van der Waals surface area contributed by atoms with Crippen molar-refractivity contribution < 1.29 is 14.7 Å². The molecule has 1 aliphatic rings. The Labute approximate surface area is 84.8 Å². The molecule has 2 heterocycles. The standard InChI is InChI=1S/C9H9NO3S/c1-10-5-4-7(9(12)13)14-6(5)2-3-8(10)11/h4H,2-3H2,1H3,(H,12,13). The van der Waals surface area contributed by atoms with E-state index < -0.39 is 5.97 Å². The van der Waals surface area contributed by atoms with Crippen LogP contribution in [0.15, 0.2) is 6.07 Å². The van der Waals surface area contributed by atoms with E-state index in [0.717, 1.165) is 10.6 Å². The summed E-state index contributed by atoms with van der Waals surface area (Å²) in [7, 11) is 1.68.